The van der Waals surface area contributed by atoms with Crippen molar-refractivity contribution in [3.05, 3.63) is 65.6 Å². The SMILES string of the molecule is COC(=O)c1ccc(COc2ccc3ccccc3c2C=NN=C2NC(=O)CS2)o1. The van der Waals surface area contributed by atoms with Crippen molar-refractivity contribution < 1.29 is 23.5 Å². The third-order valence-corrected chi connectivity index (χ3v) is 5.13. The third kappa shape index (κ3) is 4.36. The van der Waals surface area contributed by atoms with E-state index in [1.807, 2.05) is 36.4 Å². The highest BCUT2D eigenvalue weighted by Gasteiger charge is 2.16. The Morgan fingerprint density at radius 3 is 2.90 bits per heavy atom. The smallest absolute Gasteiger partial charge is 0.373 e. The number of fused-ring (bicyclic) bond motifs is 1. The van der Waals surface area contributed by atoms with Crippen LogP contribution < -0.4 is 10.1 Å². The molecular formula is C21H17N3O5S. The van der Waals surface area contributed by atoms with Crippen LogP contribution in [0.5, 0.6) is 5.75 Å². The molecule has 1 saturated heterocycles. The average molecular weight is 423 g/mol. The molecule has 0 bridgehead atoms. The Kier molecular flexibility index (Phi) is 5.80. The maximum absolute atomic E-state index is 11.5. The Morgan fingerprint density at radius 1 is 1.23 bits per heavy atom. The summed E-state index contributed by atoms with van der Waals surface area (Å²) in [6.45, 7) is 0.122. The lowest BCUT2D eigenvalue weighted by Crippen LogP contribution is -2.19. The molecule has 1 amide bonds. The summed E-state index contributed by atoms with van der Waals surface area (Å²) < 4.78 is 16.0. The molecule has 0 aliphatic carbocycles. The molecule has 0 saturated carbocycles. The summed E-state index contributed by atoms with van der Waals surface area (Å²) in [4.78, 5) is 22.8. The molecule has 1 aliphatic rings. The molecule has 8 nitrogen and oxygen atoms in total. The fourth-order valence-electron chi connectivity index (χ4n) is 2.87. The molecule has 1 aromatic heterocycles. The van der Waals surface area contributed by atoms with Gasteiger partial charge in [0.2, 0.25) is 11.7 Å². The van der Waals surface area contributed by atoms with Gasteiger partial charge < -0.3 is 19.2 Å². The first-order valence-corrected chi connectivity index (χ1v) is 9.98. The van der Waals surface area contributed by atoms with Gasteiger partial charge in [0, 0.05) is 5.56 Å². The number of amides is 1. The molecule has 4 rings (SSSR count). The second-order valence-corrected chi connectivity index (χ2v) is 7.20. The Hall–Kier alpha value is -3.59. The summed E-state index contributed by atoms with van der Waals surface area (Å²) in [5.74, 6) is 0.883. The quantitative estimate of drug-likeness (QED) is 0.371. The lowest BCUT2D eigenvalue weighted by molar-refractivity contribution is -0.116. The van der Waals surface area contributed by atoms with Gasteiger partial charge in [-0.2, -0.15) is 5.10 Å². The largest absolute Gasteiger partial charge is 0.485 e. The van der Waals surface area contributed by atoms with Gasteiger partial charge in [-0.1, -0.05) is 42.1 Å². The summed E-state index contributed by atoms with van der Waals surface area (Å²) in [6.07, 6.45) is 1.59. The van der Waals surface area contributed by atoms with E-state index in [1.54, 1.807) is 12.3 Å². The minimum absolute atomic E-state index is 0.0899. The van der Waals surface area contributed by atoms with Gasteiger partial charge in [0.05, 0.1) is 19.1 Å². The predicted octanol–water partition coefficient (Wildman–Crippen LogP) is 3.35. The van der Waals surface area contributed by atoms with Crippen LogP contribution in [0.2, 0.25) is 0 Å². The van der Waals surface area contributed by atoms with Crippen LogP contribution in [-0.4, -0.2) is 36.1 Å². The number of esters is 1. The zero-order chi connectivity index (χ0) is 20.9. The number of hydrogen-bond donors (Lipinski definition) is 1. The third-order valence-electron chi connectivity index (χ3n) is 4.27. The predicted molar refractivity (Wildman–Crippen MR) is 114 cm³/mol. The van der Waals surface area contributed by atoms with Gasteiger partial charge in [0.15, 0.2) is 5.17 Å². The van der Waals surface area contributed by atoms with Crippen LogP contribution in [0.4, 0.5) is 0 Å². The number of nitrogens with one attached hydrogen (secondary N) is 1. The Morgan fingerprint density at radius 2 is 2.10 bits per heavy atom. The molecule has 2 aromatic carbocycles. The Bertz CT molecular complexity index is 1170. The van der Waals surface area contributed by atoms with Crippen molar-refractivity contribution in [3.8, 4) is 5.75 Å². The zero-order valence-corrected chi connectivity index (χ0v) is 16.8. The number of methoxy groups -OCH3 is 1. The number of ether oxygens (including phenoxy) is 2. The summed E-state index contributed by atoms with van der Waals surface area (Å²) in [5, 5.41) is 13.2. The summed E-state index contributed by atoms with van der Waals surface area (Å²) in [7, 11) is 1.29. The topological polar surface area (TPSA) is 102 Å². The first kappa shape index (κ1) is 19.7. The van der Waals surface area contributed by atoms with E-state index in [2.05, 4.69) is 20.3 Å². The molecule has 0 unspecified atom stereocenters. The van der Waals surface area contributed by atoms with Crippen molar-refractivity contribution in [1.29, 1.82) is 0 Å². The summed E-state index contributed by atoms with van der Waals surface area (Å²) in [6, 6.07) is 14.8. The van der Waals surface area contributed by atoms with Gasteiger partial charge in [-0.3, -0.25) is 4.79 Å². The van der Waals surface area contributed by atoms with Gasteiger partial charge in [-0.15, -0.1) is 5.10 Å². The number of rotatable bonds is 6. The van der Waals surface area contributed by atoms with Crippen LogP contribution in [0.15, 0.2) is 63.2 Å². The van der Waals surface area contributed by atoms with E-state index in [0.29, 0.717) is 22.4 Å². The number of furan rings is 1. The number of carbonyl (C=O) groups is 2. The van der Waals surface area contributed by atoms with E-state index in [9.17, 15) is 9.59 Å². The first-order chi connectivity index (χ1) is 14.6. The van der Waals surface area contributed by atoms with Gasteiger partial charge in [-0.25, -0.2) is 4.79 Å². The molecule has 1 aliphatic heterocycles. The lowest BCUT2D eigenvalue weighted by atomic mass is 10.0. The molecule has 0 atom stereocenters. The fourth-order valence-corrected chi connectivity index (χ4v) is 3.50. The molecular weight excluding hydrogens is 406 g/mol. The number of carbonyl (C=O) groups excluding carboxylic acids is 2. The number of amidine groups is 1. The van der Waals surface area contributed by atoms with E-state index >= 15 is 0 Å². The van der Waals surface area contributed by atoms with Gasteiger partial charge >= 0.3 is 5.97 Å². The Labute approximate surface area is 175 Å². The van der Waals surface area contributed by atoms with E-state index < -0.39 is 5.97 Å². The molecule has 0 spiro atoms. The normalized spacial score (nSPS) is 15.1. The number of hydrogen-bond acceptors (Lipinski definition) is 8. The highest BCUT2D eigenvalue weighted by atomic mass is 32.2. The van der Waals surface area contributed by atoms with Gasteiger partial charge in [0.1, 0.15) is 18.1 Å². The van der Waals surface area contributed by atoms with E-state index in [4.69, 9.17) is 9.15 Å². The van der Waals surface area contributed by atoms with Crippen molar-refractivity contribution in [2.24, 2.45) is 10.2 Å². The van der Waals surface area contributed by atoms with Crippen LogP contribution in [0.25, 0.3) is 10.8 Å². The molecule has 30 heavy (non-hydrogen) atoms. The second-order valence-electron chi connectivity index (χ2n) is 6.23. The minimum Gasteiger partial charge on any atom is -0.485 e. The van der Waals surface area contributed by atoms with Crippen LogP contribution in [0, 0.1) is 0 Å². The summed E-state index contributed by atoms with van der Waals surface area (Å²) in [5.41, 5.74) is 0.742. The minimum atomic E-state index is -0.546. The maximum Gasteiger partial charge on any atom is 0.373 e. The molecule has 0 radical (unpaired) electrons. The molecule has 152 valence electrons. The highest BCUT2D eigenvalue weighted by Crippen LogP contribution is 2.28. The Balaban J connectivity index is 1.59. The van der Waals surface area contributed by atoms with Crippen LogP contribution in [-0.2, 0) is 16.1 Å². The van der Waals surface area contributed by atoms with Gasteiger partial charge in [-0.05, 0) is 29.0 Å². The fraction of sp³-hybridized carbons (Fsp3) is 0.143. The van der Waals surface area contributed by atoms with Crippen molar-refractivity contribution in [3.63, 3.8) is 0 Å². The van der Waals surface area contributed by atoms with E-state index in [1.165, 1.54) is 24.9 Å². The van der Waals surface area contributed by atoms with Crippen LogP contribution in [0.1, 0.15) is 21.9 Å². The van der Waals surface area contributed by atoms with Crippen LogP contribution in [0.3, 0.4) is 0 Å². The molecule has 9 heteroatoms. The number of benzene rings is 2. The van der Waals surface area contributed by atoms with Crippen LogP contribution >= 0.6 is 11.8 Å². The first-order valence-electron chi connectivity index (χ1n) is 8.99. The van der Waals surface area contributed by atoms with Crippen molar-refractivity contribution >= 4 is 45.8 Å². The molecule has 1 fully saturated rings. The average Bonchev–Trinajstić information content (AvgIpc) is 3.41. The zero-order valence-electron chi connectivity index (χ0n) is 16.0. The van der Waals surface area contributed by atoms with Crippen molar-refractivity contribution in [1.82, 2.24) is 5.32 Å². The lowest BCUT2D eigenvalue weighted by Gasteiger charge is -2.10. The number of thioether (sulfide) groups is 1. The summed E-state index contributed by atoms with van der Waals surface area (Å²) >= 11 is 1.30. The van der Waals surface area contributed by atoms with Gasteiger partial charge in [0.25, 0.3) is 0 Å². The van der Waals surface area contributed by atoms with Crippen molar-refractivity contribution in [2.45, 2.75) is 6.61 Å². The molecule has 3 aromatic rings. The van der Waals surface area contributed by atoms with E-state index in [-0.39, 0.29) is 18.3 Å². The van der Waals surface area contributed by atoms with E-state index in [0.717, 1.165) is 16.3 Å². The monoisotopic (exact) mass is 423 g/mol. The molecule has 1 N–H and O–H groups in total. The molecule has 2 heterocycles. The second kappa shape index (κ2) is 8.83. The highest BCUT2D eigenvalue weighted by molar-refractivity contribution is 8.15. The maximum atomic E-state index is 11.5. The standard InChI is InChI=1S/C21H17N3O5S/c1-27-20(26)18-9-7-14(29-18)11-28-17-8-6-13-4-2-3-5-15(13)16(17)10-22-24-21-23-19(25)12-30-21/h2-10H,11-12H2,1H3,(H,23,24,25). The number of nitrogens with zero attached hydrogens (tertiary/aromatic N) is 2. The van der Waals surface area contributed by atoms with Crippen molar-refractivity contribution in [2.75, 3.05) is 12.9 Å².